The molecule has 0 saturated heterocycles. The normalized spacial score (nSPS) is 14.2. The number of hydrogen-bond acceptors (Lipinski definition) is 4. The van der Waals surface area contributed by atoms with Gasteiger partial charge in [-0.1, -0.05) is 20.8 Å². The molecule has 0 aromatic heterocycles. The van der Waals surface area contributed by atoms with E-state index in [1.54, 1.807) is 27.7 Å². The molecule has 110 valence electrons. The van der Waals surface area contributed by atoms with Crippen LogP contribution in [0.4, 0.5) is 4.79 Å². The van der Waals surface area contributed by atoms with Crippen molar-refractivity contribution in [1.29, 1.82) is 0 Å². The lowest BCUT2D eigenvalue weighted by molar-refractivity contribution is -0.144. The van der Waals surface area contributed by atoms with Crippen LogP contribution in [0.1, 0.15) is 34.6 Å². The first-order valence-electron chi connectivity index (χ1n) is 6.06. The van der Waals surface area contributed by atoms with Crippen LogP contribution in [-0.4, -0.2) is 41.8 Å². The zero-order valence-electron chi connectivity index (χ0n) is 11.9. The van der Waals surface area contributed by atoms with Crippen LogP contribution in [0, 0.1) is 5.41 Å². The highest BCUT2D eigenvalue weighted by atomic mass is 16.5. The molecule has 19 heavy (non-hydrogen) atoms. The van der Waals surface area contributed by atoms with E-state index in [-0.39, 0.29) is 6.61 Å². The summed E-state index contributed by atoms with van der Waals surface area (Å²) in [5.41, 5.74) is -0.643. The molecular weight excluding hydrogens is 252 g/mol. The lowest BCUT2D eigenvalue weighted by Crippen LogP contribution is -2.54. The number of carboxylic acid groups (broad SMARTS) is 1. The summed E-state index contributed by atoms with van der Waals surface area (Å²) in [6.07, 6.45) is 0. The molecule has 0 aliphatic heterocycles. The first-order valence-corrected chi connectivity index (χ1v) is 6.06. The molecule has 0 saturated carbocycles. The molecule has 2 amide bonds. The van der Waals surface area contributed by atoms with E-state index in [9.17, 15) is 14.4 Å². The summed E-state index contributed by atoms with van der Waals surface area (Å²) in [6.45, 7) is 8.42. The van der Waals surface area contributed by atoms with Gasteiger partial charge in [0, 0.05) is 0 Å². The number of carbonyl (C=O) groups excluding carboxylic acids is 2. The lowest BCUT2D eigenvalue weighted by atomic mass is 9.87. The van der Waals surface area contributed by atoms with Crippen LogP contribution < -0.4 is 10.6 Å². The van der Waals surface area contributed by atoms with E-state index in [1.165, 1.54) is 6.92 Å². The predicted molar refractivity (Wildman–Crippen MR) is 68.6 cm³/mol. The summed E-state index contributed by atoms with van der Waals surface area (Å²) in [6, 6.07) is -2.61. The van der Waals surface area contributed by atoms with Gasteiger partial charge in [-0.15, -0.1) is 0 Å². The molecule has 3 N–H and O–H groups in total. The van der Waals surface area contributed by atoms with Gasteiger partial charge in [0.2, 0.25) is 0 Å². The van der Waals surface area contributed by atoms with Gasteiger partial charge in [0.15, 0.2) is 0 Å². The summed E-state index contributed by atoms with van der Waals surface area (Å²) in [5, 5.41) is 13.7. The van der Waals surface area contributed by atoms with Crippen LogP contribution in [0.25, 0.3) is 0 Å². The smallest absolute Gasteiger partial charge is 0.328 e. The molecule has 0 bridgehead atoms. The highest BCUT2D eigenvalue weighted by Crippen LogP contribution is 2.19. The Hall–Kier alpha value is -1.79. The molecule has 0 aliphatic rings. The number of amides is 2. The van der Waals surface area contributed by atoms with E-state index in [4.69, 9.17) is 9.84 Å². The molecule has 0 rings (SSSR count). The van der Waals surface area contributed by atoms with Crippen molar-refractivity contribution >= 4 is 18.0 Å². The standard InChI is InChI=1S/C12H22N2O5/c1-6-19-10(17)7(2)13-11(18)14-8(9(15)16)12(3,4)5/h7-8H,6H2,1-5H3,(H,15,16)(H2,13,14,18)/t7?,8-/m1/s1. The van der Waals surface area contributed by atoms with Crippen molar-refractivity contribution in [3.63, 3.8) is 0 Å². The average molecular weight is 274 g/mol. The van der Waals surface area contributed by atoms with E-state index in [1.807, 2.05) is 0 Å². The van der Waals surface area contributed by atoms with E-state index in [0.29, 0.717) is 0 Å². The van der Waals surface area contributed by atoms with Crippen LogP contribution in [0.15, 0.2) is 0 Å². The third kappa shape index (κ3) is 6.08. The van der Waals surface area contributed by atoms with E-state index in [0.717, 1.165) is 0 Å². The zero-order chi connectivity index (χ0) is 15.2. The second-order valence-electron chi connectivity index (χ2n) is 5.23. The van der Waals surface area contributed by atoms with Crippen molar-refractivity contribution in [2.24, 2.45) is 5.41 Å². The summed E-state index contributed by atoms with van der Waals surface area (Å²) < 4.78 is 4.73. The largest absolute Gasteiger partial charge is 0.480 e. The maximum absolute atomic E-state index is 11.6. The van der Waals surface area contributed by atoms with Gasteiger partial charge in [-0.25, -0.2) is 14.4 Å². The molecule has 7 nitrogen and oxygen atoms in total. The molecule has 0 heterocycles. The number of hydrogen-bond donors (Lipinski definition) is 3. The summed E-state index contributed by atoms with van der Waals surface area (Å²) >= 11 is 0. The second kappa shape index (κ2) is 6.96. The van der Waals surface area contributed by atoms with Crippen LogP contribution in [0.2, 0.25) is 0 Å². The minimum atomic E-state index is -1.13. The van der Waals surface area contributed by atoms with Gasteiger partial charge in [0.25, 0.3) is 0 Å². The minimum Gasteiger partial charge on any atom is -0.480 e. The van der Waals surface area contributed by atoms with Gasteiger partial charge in [0.1, 0.15) is 12.1 Å². The maximum Gasteiger partial charge on any atom is 0.328 e. The van der Waals surface area contributed by atoms with Gasteiger partial charge in [-0.2, -0.15) is 0 Å². The Morgan fingerprint density at radius 3 is 2.11 bits per heavy atom. The number of ether oxygens (including phenoxy) is 1. The second-order valence-corrected chi connectivity index (χ2v) is 5.23. The van der Waals surface area contributed by atoms with Gasteiger partial charge in [-0.3, -0.25) is 0 Å². The Kier molecular flexibility index (Phi) is 6.31. The Morgan fingerprint density at radius 2 is 1.74 bits per heavy atom. The van der Waals surface area contributed by atoms with Crippen LogP contribution in [0.3, 0.4) is 0 Å². The summed E-state index contributed by atoms with van der Waals surface area (Å²) in [7, 11) is 0. The number of aliphatic carboxylic acids is 1. The van der Waals surface area contributed by atoms with Crippen molar-refractivity contribution < 1.29 is 24.2 Å². The van der Waals surface area contributed by atoms with E-state index >= 15 is 0 Å². The van der Waals surface area contributed by atoms with Crippen molar-refractivity contribution in [1.82, 2.24) is 10.6 Å². The van der Waals surface area contributed by atoms with Gasteiger partial charge < -0.3 is 20.5 Å². The Morgan fingerprint density at radius 1 is 1.21 bits per heavy atom. The maximum atomic E-state index is 11.6. The highest BCUT2D eigenvalue weighted by Gasteiger charge is 2.33. The number of urea groups is 1. The third-order valence-corrected chi connectivity index (χ3v) is 2.38. The molecule has 0 aromatic carbocycles. The number of nitrogens with one attached hydrogen (secondary N) is 2. The first-order chi connectivity index (χ1) is 8.59. The minimum absolute atomic E-state index is 0.214. The zero-order valence-corrected chi connectivity index (χ0v) is 11.9. The van der Waals surface area contributed by atoms with E-state index < -0.39 is 35.5 Å². The Balaban J connectivity index is 4.52. The molecule has 0 spiro atoms. The average Bonchev–Trinajstić information content (AvgIpc) is 2.24. The van der Waals surface area contributed by atoms with Crippen LogP contribution in [0.5, 0.6) is 0 Å². The molecule has 7 heteroatoms. The Labute approximate surface area is 112 Å². The fraction of sp³-hybridized carbons (Fsp3) is 0.750. The van der Waals surface area contributed by atoms with Crippen LogP contribution >= 0.6 is 0 Å². The quantitative estimate of drug-likeness (QED) is 0.641. The topological polar surface area (TPSA) is 105 Å². The van der Waals surface area contributed by atoms with Crippen molar-refractivity contribution in [3.05, 3.63) is 0 Å². The number of carboxylic acids is 1. The lowest BCUT2D eigenvalue weighted by Gasteiger charge is -2.28. The van der Waals surface area contributed by atoms with Gasteiger partial charge >= 0.3 is 18.0 Å². The molecule has 2 atom stereocenters. The van der Waals surface area contributed by atoms with Gasteiger partial charge in [-0.05, 0) is 19.3 Å². The van der Waals surface area contributed by atoms with E-state index in [2.05, 4.69) is 10.6 Å². The summed E-state index contributed by atoms with van der Waals surface area (Å²) in [4.78, 5) is 34.0. The van der Waals surface area contributed by atoms with Crippen molar-refractivity contribution in [2.75, 3.05) is 6.61 Å². The number of carbonyl (C=O) groups is 3. The van der Waals surface area contributed by atoms with Gasteiger partial charge in [0.05, 0.1) is 6.61 Å². The third-order valence-electron chi connectivity index (χ3n) is 2.38. The van der Waals surface area contributed by atoms with Crippen molar-refractivity contribution in [3.8, 4) is 0 Å². The molecular formula is C12H22N2O5. The highest BCUT2D eigenvalue weighted by molar-refractivity contribution is 5.86. The summed E-state index contributed by atoms with van der Waals surface area (Å²) in [5.74, 6) is -1.70. The first kappa shape index (κ1) is 17.2. The molecule has 0 aliphatic carbocycles. The molecule has 0 aromatic rings. The SMILES string of the molecule is CCOC(=O)C(C)NC(=O)N[C@H](C(=O)O)C(C)(C)C. The molecule has 0 fully saturated rings. The van der Waals surface area contributed by atoms with Crippen LogP contribution in [-0.2, 0) is 14.3 Å². The monoisotopic (exact) mass is 274 g/mol. The fourth-order valence-electron chi connectivity index (χ4n) is 1.34. The molecule has 1 unspecified atom stereocenters. The fourth-order valence-corrected chi connectivity index (χ4v) is 1.34. The number of esters is 1. The molecule has 0 radical (unpaired) electrons. The van der Waals surface area contributed by atoms with Crippen molar-refractivity contribution in [2.45, 2.75) is 46.7 Å². The predicted octanol–water partition coefficient (Wildman–Crippen LogP) is 0.737. The Bertz CT molecular complexity index is 349. The number of rotatable bonds is 5.